The maximum absolute atomic E-state index is 13.0. The van der Waals surface area contributed by atoms with Gasteiger partial charge in [-0.1, -0.05) is 32.4 Å². The molecule has 2 atom stereocenters. The first-order valence-corrected chi connectivity index (χ1v) is 7.75. The Morgan fingerprint density at radius 1 is 1.39 bits per heavy atom. The van der Waals surface area contributed by atoms with Crippen molar-refractivity contribution < 1.29 is 9.59 Å². The number of aromatic nitrogens is 2. The van der Waals surface area contributed by atoms with E-state index in [0.29, 0.717) is 11.3 Å². The standard InChI is InChI=1S/C17H20N4O2/c1-4-11(2)15-16(22)19-13-7-5-6-8-14(13)21(15)17(23)12-9-18-20(3)10-12/h5-11,15H,4H2,1-3H3,(H,19,22)/t11?,15-/m0/s1. The number of carbonyl (C=O) groups is 2. The summed E-state index contributed by atoms with van der Waals surface area (Å²) in [5.41, 5.74) is 1.87. The molecular formula is C17H20N4O2. The summed E-state index contributed by atoms with van der Waals surface area (Å²) in [4.78, 5) is 27.2. The third-order valence-corrected chi connectivity index (χ3v) is 4.32. The fourth-order valence-corrected chi connectivity index (χ4v) is 2.91. The minimum Gasteiger partial charge on any atom is -0.322 e. The number of rotatable bonds is 3. The fourth-order valence-electron chi connectivity index (χ4n) is 2.91. The molecule has 1 unspecified atom stereocenters. The van der Waals surface area contributed by atoms with E-state index in [2.05, 4.69) is 10.4 Å². The molecule has 2 heterocycles. The zero-order valence-corrected chi connectivity index (χ0v) is 13.5. The van der Waals surface area contributed by atoms with Crippen molar-refractivity contribution in [1.29, 1.82) is 0 Å². The van der Waals surface area contributed by atoms with Crippen molar-refractivity contribution >= 4 is 23.2 Å². The number of nitrogens with one attached hydrogen (secondary N) is 1. The maximum Gasteiger partial charge on any atom is 0.262 e. The van der Waals surface area contributed by atoms with Crippen LogP contribution >= 0.6 is 0 Å². The lowest BCUT2D eigenvalue weighted by Crippen LogP contribution is -2.54. The molecule has 120 valence electrons. The molecule has 0 radical (unpaired) electrons. The molecule has 1 aromatic carbocycles. The summed E-state index contributed by atoms with van der Waals surface area (Å²) in [7, 11) is 1.76. The first-order valence-electron chi connectivity index (χ1n) is 7.75. The van der Waals surface area contributed by atoms with Gasteiger partial charge in [0.05, 0.1) is 23.1 Å². The van der Waals surface area contributed by atoms with E-state index in [1.165, 1.54) is 6.20 Å². The van der Waals surface area contributed by atoms with Crippen LogP contribution in [-0.4, -0.2) is 27.6 Å². The number of anilines is 2. The van der Waals surface area contributed by atoms with Crippen LogP contribution in [0.5, 0.6) is 0 Å². The van der Waals surface area contributed by atoms with E-state index < -0.39 is 6.04 Å². The summed E-state index contributed by atoms with van der Waals surface area (Å²) in [6.45, 7) is 4.01. The zero-order valence-electron chi connectivity index (χ0n) is 13.5. The summed E-state index contributed by atoms with van der Waals surface area (Å²) < 4.78 is 1.58. The smallest absolute Gasteiger partial charge is 0.262 e. The number of carbonyl (C=O) groups excluding carboxylic acids is 2. The highest BCUT2D eigenvalue weighted by molar-refractivity contribution is 6.16. The quantitative estimate of drug-likeness (QED) is 0.946. The minimum absolute atomic E-state index is 0.0453. The topological polar surface area (TPSA) is 67.2 Å². The van der Waals surface area contributed by atoms with Crippen LogP contribution in [0.1, 0.15) is 30.6 Å². The Kier molecular flexibility index (Phi) is 3.90. The zero-order chi connectivity index (χ0) is 16.6. The van der Waals surface area contributed by atoms with Gasteiger partial charge in [-0.2, -0.15) is 5.10 Å². The summed E-state index contributed by atoms with van der Waals surface area (Å²) in [5, 5.41) is 6.98. The predicted octanol–water partition coefficient (Wildman–Crippen LogP) is 2.43. The first kappa shape index (κ1) is 15.3. The molecular weight excluding hydrogens is 292 g/mol. The van der Waals surface area contributed by atoms with Gasteiger partial charge in [0, 0.05) is 13.2 Å². The molecule has 1 aliphatic heterocycles. The molecule has 1 aliphatic rings. The van der Waals surface area contributed by atoms with Crippen molar-refractivity contribution in [1.82, 2.24) is 9.78 Å². The maximum atomic E-state index is 13.0. The van der Waals surface area contributed by atoms with Crippen LogP contribution in [0.3, 0.4) is 0 Å². The number of fused-ring (bicyclic) bond motifs is 1. The second-order valence-electron chi connectivity index (χ2n) is 5.91. The molecule has 6 nitrogen and oxygen atoms in total. The fraction of sp³-hybridized carbons (Fsp3) is 0.353. The number of para-hydroxylation sites is 2. The van der Waals surface area contributed by atoms with E-state index in [9.17, 15) is 9.59 Å². The van der Waals surface area contributed by atoms with Crippen molar-refractivity contribution in [2.45, 2.75) is 26.3 Å². The molecule has 0 fully saturated rings. The van der Waals surface area contributed by atoms with Gasteiger partial charge in [0.1, 0.15) is 6.04 Å². The summed E-state index contributed by atoms with van der Waals surface area (Å²) in [6, 6.07) is 6.85. The molecule has 0 bridgehead atoms. The van der Waals surface area contributed by atoms with Crippen LogP contribution in [0.4, 0.5) is 11.4 Å². The second-order valence-corrected chi connectivity index (χ2v) is 5.91. The Hall–Kier alpha value is -2.63. The Bertz CT molecular complexity index is 753. The molecule has 1 N–H and O–H groups in total. The van der Waals surface area contributed by atoms with Crippen molar-refractivity contribution in [2.75, 3.05) is 10.2 Å². The number of hydrogen-bond donors (Lipinski definition) is 1. The molecule has 2 aromatic rings. The first-order chi connectivity index (χ1) is 11.0. The van der Waals surface area contributed by atoms with Gasteiger partial charge in [-0.05, 0) is 18.1 Å². The Morgan fingerprint density at radius 2 is 2.13 bits per heavy atom. The third kappa shape index (κ3) is 2.60. The van der Waals surface area contributed by atoms with E-state index >= 15 is 0 Å². The summed E-state index contributed by atoms with van der Waals surface area (Å²) in [5.74, 6) is -0.301. The van der Waals surface area contributed by atoms with Gasteiger partial charge >= 0.3 is 0 Å². The van der Waals surface area contributed by atoms with Crippen LogP contribution in [0.15, 0.2) is 36.7 Å². The Labute approximate surface area is 135 Å². The largest absolute Gasteiger partial charge is 0.322 e. The second kappa shape index (κ2) is 5.87. The van der Waals surface area contributed by atoms with Crippen LogP contribution in [-0.2, 0) is 11.8 Å². The molecule has 2 amide bonds. The highest BCUT2D eigenvalue weighted by Gasteiger charge is 2.40. The van der Waals surface area contributed by atoms with E-state index in [0.717, 1.165) is 12.1 Å². The lowest BCUT2D eigenvalue weighted by Gasteiger charge is -2.39. The lowest BCUT2D eigenvalue weighted by atomic mass is 9.93. The van der Waals surface area contributed by atoms with Crippen LogP contribution in [0.25, 0.3) is 0 Å². The minimum atomic E-state index is -0.525. The number of benzene rings is 1. The number of aryl methyl sites for hydroxylation is 1. The molecule has 0 saturated heterocycles. The van der Waals surface area contributed by atoms with E-state index in [-0.39, 0.29) is 17.7 Å². The SMILES string of the molecule is CCC(C)[C@H]1C(=O)Nc2ccccc2N1C(=O)c1cnn(C)c1. The van der Waals surface area contributed by atoms with Gasteiger partial charge in [0.25, 0.3) is 5.91 Å². The molecule has 23 heavy (non-hydrogen) atoms. The Morgan fingerprint density at radius 3 is 2.78 bits per heavy atom. The van der Waals surface area contributed by atoms with Crippen molar-refractivity contribution in [3.63, 3.8) is 0 Å². The molecule has 1 aromatic heterocycles. The van der Waals surface area contributed by atoms with Gasteiger partial charge in [-0.15, -0.1) is 0 Å². The van der Waals surface area contributed by atoms with E-state index in [1.807, 2.05) is 38.1 Å². The molecule has 0 aliphatic carbocycles. The molecule has 6 heteroatoms. The normalized spacial score (nSPS) is 18.3. The molecule has 3 rings (SSSR count). The molecule has 0 spiro atoms. The van der Waals surface area contributed by atoms with Gasteiger partial charge in [0.15, 0.2) is 0 Å². The van der Waals surface area contributed by atoms with Crippen LogP contribution < -0.4 is 10.2 Å². The number of hydrogen-bond acceptors (Lipinski definition) is 3. The van der Waals surface area contributed by atoms with Crippen molar-refractivity contribution in [3.05, 3.63) is 42.2 Å². The van der Waals surface area contributed by atoms with Gasteiger partial charge in [-0.25, -0.2) is 0 Å². The van der Waals surface area contributed by atoms with E-state index in [4.69, 9.17) is 0 Å². The third-order valence-electron chi connectivity index (χ3n) is 4.32. The predicted molar refractivity (Wildman–Crippen MR) is 88.3 cm³/mol. The van der Waals surface area contributed by atoms with Crippen molar-refractivity contribution in [3.8, 4) is 0 Å². The average molecular weight is 312 g/mol. The molecule has 0 saturated carbocycles. The average Bonchev–Trinajstić information content (AvgIpc) is 2.98. The summed E-state index contributed by atoms with van der Waals surface area (Å²) in [6.07, 6.45) is 4.01. The monoisotopic (exact) mass is 312 g/mol. The Balaban J connectivity index is 2.10. The highest BCUT2D eigenvalue weighted by Crippen LogP contribution is 2.35. The van der Waals surface area contributed by atoms with E-state index in [1.54, 1.807) is 22.8 Å². The number of nitrogens with zero attached hydrogens (tertiary/aromatic N) is 3. The van der Waals surface area contributed by atoms with Crippen molar-refractivity contribution in [2.24, 2.45) is 13.0 Å². The van der Waals surface area contributed by atoms with Crippen LogP contribution in [0.2, 0.25) is 0 Å². The van der Waals surface area contributed by atoms with Gasteiger partial charge < -0.3 is 5.32 Å². The lowest BCUT2D eigenvalue weighted by molar-refractivity contribution is -0.118. The summed E-state index contributed by atoms with van der Waals surface area (Å²) >= 11 is 0. The van der Waals surface area contributed by atoms with Gasteiger partial charge in [-0.3, -0.25) is 19.2 Å². The number of amides is 2. The highest BCUT2D eigenvalue weighted by atomic mass is 16.2. The van der Waals surface area contributed by atoms with Gasteiger partial charge in [0.2, 0.25) is 5.91 Å². The van der Waals surface area contributed by atoms with Crippen LogP contribution in [0, 0.1) is 5.92 Å².